The highest BCUT2D eigenvalue weighted by Gasteiger charge is 2.52. The highest BCUT2D eigenvalue weighted by Crippen LogP contribution is 2.47. The summed E-state index contributed by atoms with van der Waals surface area (Å²) >= 11 is 0. The summed E-state index contributed by atoms with van der Waals surface area (Å²) in [5.74, 6) is -0.467. The van der Waals surface area contributed by atoms with Crippen LogP contribution in [0.3, 0.4) is 0 Å². The van der Waals surface area contributed by atoms with Crippen molar-refractivity contribution in [2.45, 2.75) is 19.3 Å². The van der Waals surface area contributed by atoms with E-state index < -0.39 is 11.2 Å². The van der Waals surface area contributed by atoms with Crippen molar-refractivity contribution in [3.8, 4) is 6.07 Å². The number of nitrogens with zero attached hydrogens (tertiary/aromatic N) is 1. The average molecular weight is 258 g/mol. The molecule has 1 aliphatic rings. The summed E-state index contributed by atoms with van der Waals surface area (Å²) in [6.07, 6.45) is 0. The Kier molecular flexibility index (Phi) is 2.35. The molecule has 0 aliphatic carbocycles. The zero-order valence-corrected chi connectivity index (χ0v) is 10.8. The third kappa shape index (κ3) is 1.53. The van der Waals surface area contributed by atoms with Gasteiger partial charge < -0.3 is 9.15 Å². The zero-order valence-electron chi connectivity index (χ0n) is 10.8. The quantitative estimate of drug-likeness (QED) is 0.892. The molecular formula is C14H14N2O3. The Balaban J connectivity index is 2.17. The fourth-order valence-electron chi connectivity index (χ4n) is 2.54. The predicted molar refractivity (Wildman–Crippen MR) is 68.7 cm³/mol. The Morgan fingerprint density at radius 2 is 2.16 bits per heavy atom. The van der Waals surface area contributed by atoms with Gasteiger partial charge in [0.15, 0.2) is 5.58 Å². The van der Waals surface area contributed by atoms with Crippen molar-refractivity contribution in [2.24, 2.45) is 5.41 Å². The van der Waals surface area contributed by atoms with Gasteiger partial charge in [-0.05, 0) is 31.5 Å². The number of nitrogens with one attached hydrogen (secondary N) is 1. The fraction of sp³-hybridized carbons (Fsp3) is 0.429. The van der Waals surface area contributed by atoms with E-state index in [9.17, 15) is 10.1 Å². The van der Waals surface area contributed by atoms with E-state index in [1.807, 2.05) is 32.0 Å². The highest BCUT2D eigenvalue weighted by molar-refractivity contribution is 5.73. The molecule has 1 fully saturated rings. The summed E-state index contributed by atoms with van der Waals surface area (Å²) in [4.78, 5) is 13.8. The summed E-state index contributed by atoms with van der Waals surface area (Å²) in [5.41, 5.74) is 1.27. The molecule has 0 saturated carbocycles. The molecule has 0 bridgehead atoms. The van der Waals surface area contributed by atoms with E-state index in [-0.39, 0.29) is 5.41 Å². The van der Waals surface area contributed by atoms with Crippen LogP contribution in [0.5, 0.6) is 0 Å². The summed E-state index contributed by atoms with van der Waals surface area (Å²) < 4.78 is 10.4. The first-order chi connectivity index (χ1) is 8.98. The first kappa shape index (κ1) is 12.0. The monoisotopic (exact) mass is 258 g/mol. The SMILES string of the molecule is CC(C)(C#N)C1(c2ccc3[nH]c(=O)oc3c2)COC1. The number of oxazole rings is 1. The molecule has 1 N–H and O–H groups in total. The maximum atomic E-state index is 11.2. The number of aromatic amines is 1. The Bertz CT molecular complexity index is 729. The molecule has 1 aromatic carbocycles. The molecule has 2 heterocycles. The number of nitriles is 1. The van der Waals surface area contributed by atoms with Crippen LogP contribution >= 0.6 is 0 Å². The average Bonchev–Trinajstić information content (AvgIpc) is 2.66. The number of aromatic nitrogens is 1. The summed E-state index contributed by atoms with van der Waals surface area (Å²) in [5, 5.41) is 9.39. The van der Waals surface area contributed by atoms with Gasteiger partial charge in [0.1, 0.15) is 0 Å². The number of H-pyrrole nitrogens is 1. The van der Waals surface area contributed by atoms with Crippen LogP contribution in [-0.4, -0.2) is 18.2 Å². The third-order valence-corrected chi connectivity index (χ3v) is 4.15. The number of hydrogen-bond acceptors (Lipinski definition) is 4. The lowest BCUT2D eigenvalue weighted by molar-refractivity contribution is -0.102. The van der Waals surface area contributed by atoms with Crippen molar-refractivity contribution in [3.63, 3.8) is 0 Å². The predicted octanol–water partition coefficient (Wildman–Crippen LogP) is 1.94. The second kappa shape index (κ2) is 3.72. The molecule has 5 nitrogen and oxygen atoms in total. The second-order valence-corrected chi connectivity index (χ2v) is 5.54. The van der Waals surface area contributed by atoms with Crippen LogP contribution in [0.4, 0.5) is 0 Å². The summed E-state index contributed by atoms with van der Waals surface area (Å²) in [6, 6.07) is 7.92. The van der Waals surface area contributed by atoms with E-state index in [4.69, 9.17) is 9.15 Å². The Morgan fingerprint density at radius 1 is 1.42 bits per heavy atom. The third-order valence-electron chi connectivity index (χ3n) is 4.15. The van der Waals surface area contributed by atoms with E-state index >= 15 is 0 Å². The lowest BCUT2D eigenvalue weighted by Crippen LogP contribution is -2.56. The van der Waals surface area contributed by atoms with Crippen molar-refractivity contribution in [1.29, 1.82) is 5.26 Å². The molecule has 1 aliphatic heterocycles. The molecule has 2 aromatic rings. The number of hydrogen-bond donors (Lipinski definition) is 1. The number of benzene rings is 1. The van der Waals surface area contributed by atoms with E-state index in [1.165, 1.54) is 0 Å². The number of rotatable bonds is 2. The molecule has 0 radical (unpaired) electrons. The molecule has 0 amide bonds. The van der Waals surface area contributed by atoms with E-state index in [0.717, 1.165) is 5.56 Å². The number of ether oxygens (including phenoxy) is 1. The van der Waals surface area contributed by atoms with E-state index in [2.05, 4.69) is 11.1 Å². The molecule has 0 spiro atoms. The van der Waals surface area contributed by atoms with Gasteiger partial charge in [0.05, 0.1) is 35.6 Å². The first-order valence-corrected chi connectivity index (χ1v) is 6.11. The van der Waals surface area contributed by atoms with Crippen molar-refractivity contribution in [2.75, 3.05) is 13.2 Å². The van der Waals surface area contributed by atoms with Gasteiger partial charge in [0.2, 0.25) is 0 Å². The second-order valence-electron chi connectivity index (χ2n) is 5.54. The molecule has 98 valence electrons. The van der Waals surface area contributed by atoms with Gasteiger partial charge >= 0.3 is 5.76 Å². The normalized spacial score (nSPS) is 17.9. The molecule has 0 unspecified atom stereocenters. The maximum Gasteiger partial charge on any atom is 0.417 e. The van der Waals surface area contributed by atoms with Crippen LogP contribution in [0.15, 0.2) is 27.4 Å². The van der Waals surface area contributed by atoms with Crippen molar-refractivity contribution in [1.82, 2.24) is 4.98 Å². The summed E-state index contributed by atoms with van der Waals surface area (Å²) in [7, 11) is 0. The van der Waals surface area contributed by atoms with Gasteiger partial charge in [-0.1, -0.05) is 6.07 Å². The summed E-state index contributed by atoms with van der Waals surface area (Å²) in [6.45, 7) is 4.83. The van der Waals surface area contributed by atoms with Gasteiger partial charge in [-0.3, -0.25) is 4.98 Å². The van der Waals surface area contributed by atoms with Gasteiger partial charge in [-0.2, -0.15) is 5.26 Å². The van der Waals surface area contributed by atoms with Crippen molar-refractivity contribution >= 4 is 11.1 Å². The smallest absolute Gasteiger partial charge is 0.408 e. The van der Waals surface area contributed by atoms with Gasteiger partial charge in [0.25, 0.3) is 0 Å². The molecule has 1 aromatic heterocycles. The Morgan fingerprint density at radius 3 is 2.74 bits per heavy atom. The van der Waals surface area contributed by atoms with Gasteiger partial charge in [0, 0.05) is 0 Å². The standard InChI is InChI=1S/C14H14N2O3/c1-13(2,6-15)14(7-18-8-14)9-3-4-10-11(5-9)19-12(17)16-10/h3-5H,7-8H2,1-2H3,(H,16,17). The minimum Gasteiger partial charge on any atom is -0.408 e. The van der Waals surface area contributed by atoms with Crippen LogP contribution in [0, 0.1) is 16.7 Å². The Hall–Kier alpha value is -2.06. The number of fused-ring (bicyclic) bond motifs is 1. The largest absolute Gasteiger partial charge is 0.417 e. The van der Waals surface area contributed by atoms with Crippen LogP contribution in [0.1, 0.15) is 19.4 Å². The van der Waals surface area contributed by atoms with Gasteiger partial charge in [-0.25, -0.2) is 4.79 Å². The van der Waals surface area contributed by atoms with Gasteiger partial charge in [-0.15, -0.1) is 0 Å². The molecule has 3 rings (SSSR count). The first-order valence-electron chi connectivity index (χ1n) is 6.11. The highest BCUT2D eigenvalue weighted by atomic mass is 16.5. The molecule has 1 saturated heterocycles. The lowest BCUT2D eigenvalue weighted by Gasteiger charge is -2.49. The maximum absolute atomic E-state index is 11.2. The van der Waals surface area contributed by atoms with Crippen molar-refractivity contribution in [3.05, 3.63) is 34.3 Å². The van der Waals surface area contributed by atoms with Crippen LogP contribution in [-0.2, 0) is 10.2 Å². The van der Waals surface area contributed by atoms with E-state index in [0.29, 0.717) is 24.3 Å². The van der Waals surface area contributed by atoms with Crippen LogP contribution in [0.25, 0.3) is 11.1 Å². The molecule has 5 heteroatoms. The molecular weight excluding hydrogens is 244 g/mol. The van der Waals surface area contributed by atoms with Crippen molar-refractivity contribution < 1.29 is 9.15 Å². The molecule has 19 heavy (non-hydrogen) atoms. The Labute approximate surface area is 109 Å². The minimum atomic E-state index is -0.546. The van der Waals surface area contributed by atoms with E-state index in [1.54, 1.807) is 0 Å². The van der Waals surface area contributed by atoms with Crippen LogP contribution < -0.4 is 5.76 Å². The fourth-order valence-corrected chi connectivity index (χ4v) is 2.54. The topological polar surface area (TPSA) is 79.0 Å². The van der Waals surface area contributed by atoms with Crippen LogP contribution in [0.2, 0.25) is 0 Å². The zero-order chi connectivity index (χ0) is 13.7. The molecule has 0 atom stereocenters. The lowest BCUT2D eigenvalue weighted by atomic mass is 9.61. The minimum absolute atomic E-state index is 0.341.